The number of amides is 2. The fourth-order valence-electron chi connectivity index (χ4n) is 4.33. The van der Waals surface area contributed by atoms with Crippen LogP contribution in [0.15, 0.2) is 54.4 Å². The molecule has 1 saturated heterocycles. The molecule has 0 N–H and O–H groups in total. The molecular formula is C25H29ClN4O2. The summed E-state index contributed by atoms with van der Waals surface area (Å²) in [5, 5.41) is 0.605. The van der Waals surface area contributed by atoms with Gasteiger partial charge in [-0.05, 0) is 36.2 Å². The standard InChI is InChI=1S/C25H29ClN4O2/c1-2-3-4-7-14-30-24(31)22(19-9-11-20(26)12-10-19)23(25(30)32)29-17-15-28(16-18-29)21-8-5-6-13-27-21/h5-6,8-13H,2-4,7,14-18H2,1H3. The molecule has 0 bridgehead atoms. The molecule has 2 aliphatic heterocycles. The normalized spacial score (nSPS) is 17.0. The van der Waals surface area contributed by atoms with Crippen LogP contribution in [0.4, 0.5) is 5.82 Å². The maximum atomic E-state index is 13.4. The maximum Gasteiger partial charge on any atom is 0.277 e. The number of benzene rings is 1. The highest BCUT2D eigenvalue weighted by Crippen LogP contribution is 2.33. The fourth-order valence-corrected chi connectivity index (χ4v) is 4.46. The van der Waals surface area contributed by atoms with E-state index in [-0.39, 0.29) is 11.8 Å². The van der Waals surface area contributed by atoms with Crippen LogP contribution in [0.25, 0.3) is 5.57 Å². The Morgan fingerprint density at radius 2 is 1.59 bits per heavy atom. The number of imide groups is 1. The molecule has 32 heavy (non-hydrogen) atoms. The number of carbonyl (C=O) groups excluding carboxylic acids is 2. The van der Waals surface area contributed by atoms with E-state index in [0.717, 1.165) is 50.2 Å². The van der Waals surface area contributed by atoms with Crippen LogP contribution in [-0.4, -0.2) is 59.3 Å². The van der Waals surface area contributed by atoms with Crippen LogP contribution in [0.1, 0.15) is 38.2 Å². The molecule has 0 saturated carbocycles. The van der Waals surface area contributed by atoms with Crippen LogP contribution in [-0.2, 0) is 9.59 Å². The molecule has 1 fully saturated rings. The molecule has 2 aromatic rings. The lowest BCUT2D eigenvalue weighted by atomic mass is 10.0. The molecule has 6 nitrogen and oxygen atoms in total. The number of pyridine rings is 1. The summed E-state index contributed by atoms with van der Waals surface area (Å²) in [5.41, 5.74) is 1.76. The van der Waals surface area contributed by atoms with Gasteiger partial charge in [-0.2, -0.15) is 0 Å². The van der Waals surface area contributed by atoms with E-state index in [1.54, 1.807) is 18.3 Å². The van der Waals surface area contributed by atoms with Crippen molar-refractivity contribution in [2.75, 3.05) is 37.6 Å². The minimum atomic E-state index is -0.198. The third-order valence-corrected chi connectivity index (χ3v) is 6.33. The monoisotopic (exact) mass is 452 g/mol. The van der Waals surface area contributed by atoms with E-state index in [1.807, 2.05) is 30.3 Å². The summed E-state index contributed by atoms with van der Waals surface area (Å²) in [6, 6.07) is 13.1. The number of rotatable bonds is 8. The zero-order chi connectivity index (χ0) is 22.5. The Bertz CT molecular complexity index is 983. The van der Waals surface area contributed by atoms with Crippen molar-refractivity contribution < 1.29 is 9.59 Å². The fraction of sp³-hybridized carbons (Fsp3) is 0.400. The van der Waals surface area contributed by atoms with E-state index in [2.05, 4.69) is 21.7 Å². The lowest BCUT2D eigenvalue weighted by Gasteiger charge is -2.37. The highest BCUT2D eigenvalue weighted by Gasteiger charge is 2.41. The Morgan fingerprint density at radius 1 is 0.875 bits per heavy atom. The van der Waals surface area contributed by atoms with Gasteiger partial charge < -0.3 is 9.80 Å². The second-order valence-corrected chi connectivity index (χ2v) is 8.65. The Morgan fingerprint density at radius 3 is 2.25 bits per heavy atom. The van der Waals surface area contributed by atoms with Gasteiger partial charge in [0.1, 0.15) is 11.5 Å². The molecule has 4 rings (SSSR count). The van der Waals surface area contributed by atoms with E-state index in [0.29, 0.717) is 35.9 Å². The van der Waals surface area contributed by atoms with Crippen molar-refractivity contribution in [2.24, 2.45) is 0 Å². The van der Waals surface area contributed by atoms with E-state index in [4.69, 9.17) is 11.6 Å². The zero-order valence-electron chi connectivity index (χ0n) is 18.5. The van der Waals surface area contributed by atoms with Gasteiger partial charge in [-0.15, -0.1) is 0 Å². The van der Waals surface area contributed by atoms with Gasteiger partial charge in [-0.3, -0.25) is 14.5 Å². The number of halogens is 1. The van der Waals surface area contributed by atoms with Gasteiger partial charge in [0.15, 0.2) is 0 Å². The summed E-state index contributed by atoms with van der Waals surface area (Å²) in [4.78, 5) is 36.9. The number of unbranched alkanes of at least 4 members (excludes halogenated alkanes) is 3. The highest BCUT2D eigenvalue weighted by atomic mass is 35.5. The first-order chi connectivity index (χ1) is 15.6. The van der Waals surface area contributed by atoms with Crippen molar-refractivity contribution in [3.8, 4) is 0 Å². The minimum absolute atomic E-state index is 0.178. The molecule has 0 unspecified atom stereocenters. The van der Waals surface area contributed by atoms with Gasteiger partial charge in [0, 0.05) is 43.9 Å². The predicted molar refractivity (Wildman–Crippen MR) is 127 cm³/mol. The molecule has 0 atom stereocenters. The Kier molecular flexibility index (Phi) is 7.10. The van der Waals surface area contributed by atoms with Gasteiger partial charge in [0.2, 0.25) is 0 Å². The summed E-state index contributed by atoms with van der Waals surface area (Å²) in [7, 11) is 0. The first kappa shape index (κ1) is 22.3. The molecule has 7 heteroatoms. The average Bonchev–Trinajstić information content (AvgIpc) is 3.07. The summed E-state index contributed by atoms with van der Waals surface area (Å²) in [6.07, 6.45) is 5.86. The molecule has 0 radical (unpaired) electrons. The van der Waals surface area contributed by atoms with Gasteiger partial charge in [-0.1, -0.05) is 56.0 Å². The van der Waals surface area contributed by atoms with Crippen molar-refractivity contribution in [1.82, 2.24) is 14.8 Å². The number of hydrogen-bond acceptors (Lipinski definition) is 5. The van der Waals surface area contributed by atoms with Crippen LogP contribution in [0.5, 0.6) is 0 Å². The Labute approximate surface area is 194 Å². The number of hydrogen-bond donors (Lipinski definition) is 0. The Balaban J connectivity index is 1.57. The SMILES string of the molecule is CCCCCCN1C(=O)C(c2ccc(Cl)cc2)=C(N2CCN(c3ccccn3)CC2)C1=O. The van der Waals surface area contributed by atoms with Gasteiger partial charge in [0.25, 0.3) is 11.8 Å². The smallest absolute Gasteiger partial charge is 0.277 e. The average molecular weight is 453 g/mol. The van der Waals surface area contributed by atoms with Crippen molar-refractivity contribution in [2.45, 2.75) is 32.6 Å². The first-order valence-corrected chi connectivity index (χ1v) is 11.7. The molecule has 1 aromatic heterocycles. The van der Waals surface area contributed by atoms with Crippen LogP contribution in [0, 0.1) is 0 Å². The van der Waals surface area contributed by atoms with Crippen molar-refractivity contribution in [3.63, 3.8) is 0 Å². The summed E-state index contributed by atoms with van der Waals surface area (Å²) < 4.78 is 0. The van der Waals surface area contributed by atoms with E-state index in [9.17, 15) is 9.59 Å². The third-order valence-electron chi connectivity index (χ3n) is 6.08. The summed E-state index contributed by atoms with van der Waals surface area (Å²) in [6.45, 7) is 5.41. The van der Waals surface area contributed by atoms with Crippen LogP contribution >= 0.6 is 11.6 Å². The van der Waals surface area contributed by atoms with Crippen LogP contribution in [0.3, 0.4) is 0 Å². The number of piperazine rings is 1. The molecular weight excluding hydrogens is 424 g/mol. The Hall–Kier alpha value is -2.86. The number of carbonyl (C=O) groups is 2. The maximum absolute atomic E-state index is 13.4. The molecule has 0 aliphatic carbocycles. The second kappa shape index (κ2) is 10.2. The number of aromatic nitrogens is 1. The van der Waals surface area contributed by atoms with E-state index < -0.39 is 0 Å². The largest absolute Gasteiger partial charge is 0.363 e. The topological polar surface area (TPSA) is 56.8 Å². The van der Waals surface area contributed by atoms with Gasteiger partial charge >= 0.3 is 0 Å². The van der Waals surface area contributed by atoms with E-state index in [1.165, 1.54) is 4.90 Å². The predicted octanol–water partition coefficient (Wildman–Crippen LogP) is 4.22. The molecule has 0 spiro atoms. The lowest BCUT2D eigenvalue weighted by molar-refractivity contribution is -0.137. The molecule has 2 aliphatic rings. The third kappa shape index (κ3) is 4.65. The summed E-state index contributed by atoms with van der Waals surface area (Å²) in [5.74, 6) is 0.559. The summed E-state index contributed by atoms with van der Waals surface area (Å²) >= 11 is 6.07. The zero-order valence-corrected chi connectivity index (χ0v) is 19.2. The van der Waals surface area contributed by atoms with E-state index >= 15 is 0 Å². The molecule has 168 valence electrons. The molecule has 1 aromatic carbocycles. The number of anilines is 1. The number of nitrogens with zero attached hydrogens (tertiary/aromatic N) is 4. The second-order valence-electron chi connectivity index (χ2n) is 8.22. The quantitative estimate of drug-likeness (QED) is 0.443. The van der Waals surface area contributed by atoms with Crippen molar-refractivity contribution >= 4 is 34.8 Å². The van der Waals surface area contributed by atoms with Crippen molar-refractivity contribution in [3.05, 3.63) is 64.9 Å². The van der Waals surface area contributed by atoms with Crippen LogP contribution in [0.2, 0.25) is 5.02 Å². The highest BCUT2D eigenvalue weighted by molar-refractivity contribution is 6.36. The van der Waals surface area contributed by atoms with Crippen molar-refractivity contribution in [1.29, 1.82) is 0 Å². The van der Waals surface area contributed by atoms with Gasteiger partial charge in [-0.25, -0.2) is 4.98 Å². The molecule has 2 amide bonds. The van der Waals surface area contributed by atoms with Crippen LogP contribution < -0.4 is 4.90 Å². The minimum Gasteiger partial charge on any atom is -0.363 e. The molecule has 3 heterocycles. The van der Waals surface area contributed by atoms with Gasteiger partial charge in [0.05, 0.1) is 5.57 Å². The lowest BCUT2D eigenvalue weighted by Crippen LogP contribution is -2.48. The first-order valence-electron chi connectivity index (χ1n) is 11.4.